The van der Waals surface area contributed by atoms with E-state index in [4.69, 9.17) is 18.9 Å². The van der Waals surface area contributed by atoms with Gasteiger partial charge < -0.3 is 59.8 Å². The lowest BCUT2D eigenvalue weighted by Crippen LogP contribution is -2.68. The lowest BCUT2D eigenvalue weighted by Gasteiger charge is -2.70. The topological polar surface area (TPSA) is 267 Å². The zero-order valence-electron chi connectivity index (χ0n) is 34.4. The Hall–Kier alpha value is -2.54. The number of ether oxygens (including phenoxy) is 4. The van der Waals surface area contributed by atoms with Crippen molar-refractivity contribution in [3.63, 3.8) is 0 Å². The molecule has 16 nitrogen and oxygen atoms in total. The summed E-state index contributed by atoms with van der Waals surface area (Å²) in [5.41, 5.74) is -1.81. The smallest absolute Gasteiger partial charge is 0.335 e. The SMILES string of the molecule is CC1(C)C(O[C@H]2OC(C(=O)O)[C@@H](O)[C@H](O)C2O[C@@H]2OC(C(=O)O)[C@@H](O)[C@H](O)C2O)CC[C@@]2(C)C1CC[C@]1(C)C2C(=O)C=C2C3C[C@@](C)(C(=O)O)CC[C@]3(C)CC[C@]21C. The summed E-state index contributed by atoms with van der Waals surface area (Å²) in [6, 6.07) is 0. The molecule has 0 spiro atoms. The van der Waals surface area contributed by atoms with Gasteiger partial charge in [0.2, 0.25) is 0 Å². The Bertz CT molecular complexity index is 1730. The van der Waals surface area contributed by atoms with E-state index >= 15 is 0 Å². The molecule has 4 saturated carbocycles. The zero-order chi connectivity index (χ0) is 42.9. The maximum absolute atomic E-state index is 14.8. The maximum Gasteiger partial charge on any atom is 0.335 e. The van der Waals surface area contributed by atoms with Crippen molar-refractivity contribution in [2.24, 2.45) is 50.2 Å². The number of fused-ring (bicyclic) bond motifs is 7. The number of carboxylic acids is 3. The van der Waals surface area contributed by atoms with Crippen LogP contribution < -0.4 is 0 Å². The van der Waals surface area contributed by atoms with Gasteiger partial charge >= 0.3 is 17.9 Å². The first-order chi connectivity index (χ1) is 26.8. The van der Waals surface area contributed by atoms with Gasteiger partial charge in [0, 0.05) is 5.92 Å². The first-order valence-electron chi connectivity index (χ1n) is 20.7. The van der Waals surface area contributed by atoms with E-state index in [2.05, 4.69) is 27.7 Å². The molecule has 8 unspecified atom stereocenters. The van der Waals surface area contributed by atoms with E-state index in [-0.39, 0.29) is 34.4 Å². The molecule has 7 rings (SSSR count). The van der Waals surface area contributed by atoms with Crippen molar-refractivity contribution < 1.29 is 79.0 Å². The van der Waals surface area contributed by atoms with Crippen molar-refractivity contribution in [3.05, 3.63) is 11.6 Å². The van der Waals surface area contributed by atoms with Crippen molar-refractivity contribution in [2.45, 2.75) is 174 Å². The summed E-state index contributed by atoms with van der Waals surface area (Å²) in [6.45, 7) is 14.8. The molecule has 2 saturated heterocycles. The lowest BCUT2D eigenvalue weighted by atomic mass is 9.33. The number of aliphatic hydroxyl groups is 5. The second-order valence-corrected chi connectivity index (χ2v) is 20.6. The Morgan fingerprint density at radius 3 is 1.88 bits per heavy atom. The summed E-state index contributed by atoms with van der Waals surface area (Å²) >= 11 is 0. The van der Waals surface area contributed by atoms with Crippen LogP contribution in [0.1, 0.15) is 106 Å². The van der Waals surface area contributed by atoms with Crippen LogP contribution in [0.2, 0.25) is 0 Å². The van der Waals surface area contributed by atoms with Gasteiger partial charge in [-0.25, -0.2) is 9.59 Å². The van der Waals surface area contributed by atoms with E-state index in [9.17, 15) is 60.0 Å². The number of hydrogen-bond acceptors (Lipinski definition) is 13. The minimum atomic E-state index is -2.05. The van der Waals surface area contributed by atoms with Crippen LogP contribution in [0.5, 0.6) is 0 Å². The predicted molar refractivity (Wildman–Crippen MR) is 199 cm³/mol. The molecule has 0 radical (unpaired) electrons. The van der Waals surface area contributed by atoms with Gasteiger partial charge in [-0.05, 0) is 110 Å². The zero-order valence-corrected chi connectivity index (χ0v) is 34.4. The quantitative estimate of drug-likeness (QED) is 0.171. The fraction of sp³-hybridized carbons (Fsp3) is 0.857. The maximum atomic E-state index is 14.8. The van der Waals surface area contributed by atoms with Crippen LogP contribution in [0.4, 0.5) is 0 Å². The number of carbonyl (C=O) groups is 4. The monoisotopic (exact) mass is 822 g/mol. The Morgan fingerprint density at radius 1 is 0.690 bits per heavy atom. The molecule has 0 aromatic heterocycles. The first-order valence-corrected chi connectivity index (χ1v) is 20.7. The molecule has 2 heterocycles. The minimum Gasteiger partial charge on any atom is -0.481 e. The number of ketones is 1. The number of aliphatic carboxylic acids is 3. The Kier molecular flexibility index (Phi) is 10.7. The van der Waals surface area contributed by atoms with Crippen LogP contribution in [0.15, 0.2) is 11.6 Å². The van der Waals surface area contributed by atoms with Gasteiger partial charge in [0.1, 0.15) is 36.6 Å². The van der Waals surface area contributed by atoms with Crippen LogP contribution in [0.25, 0.3) is 0 Å². The van der Waals surface area contributed by atoms with Gasteiger partial charge in [0.05, 0.1) is 11.5 Å². The van der Waals surface area contributed by atoms with E-state index in [1.807, 2.05) is 26.8 Å². The van der Waals surface area contributed by atoms with Crippen molar-refractivity contribution in [1.82, 2.24) is 0 Å². The van der Waals surface area contributed by atoms with E-state index in [1.165, 1.54) is 0 Å². The normalized spacial score (nSPS) is 52.6. The van der Waals surface area contributed by atoms with E-state index in [1.54, 1.807) is 0 Å². The summed E-state index contributed by atoms with van der Waals surface area (Å²) in [6.07, 6.45) is -12.2. The Morgan fingerprint density at radius 2 is 1.28 bits per heavy atom. The highest BCUT2D eigenvalue weighted by atomic mass is 16.8. The van der Waals surface area contributed by atoms with Crippen LogP contribution in [-0.4, -0.2) is 132 Å². The van der Waals surface area contributed by atoms with Crippen LogP contribution in [0.3, 0.4) is 0 Å². The number of hydrogen-bond donors (Lipinski definition) is 8. The molecule has 5 aliphatic carbocycles. The third-order valence-corrected chi connectivity index (χ3v) is 17.2. The molecule has 7 aliphatic rings. The van der Waals surface area contributed by atoms with Crippen molar-refractivity contribution >= 4 is 23.7 Å². The molecule has 0 amide bonds. The van der Waals surface area contributed by atoms with E-state index in [0.717, 1.165) is 37.7 Å². The first kappa shape index (κ1) is 43.5. The summed E-state index contributed by atoms with van der Waals surface area (Å²) in [7, 11) is 0. The van der Waals surface area contributed by atoms with Gasteiger partial charge in [-0.3, -0.25) is 9.59 Å². The fourth-order valence-corrected chi connectivity index (χ4v) is 13.4. The number of rotatable bonds is 7. The second kappa shape index (κ2) is 14.3. The van der Waals surface area contributed by atoms with Gasteiger partial charge in [-0.2, -0.15) is 0 Å². The molecule has 0 bridgehead atoms. The van der Waals surface area contributed by atoms with Crippen LogP contribution in [-0.2, 0) is 38.1 Å². The summed E-state index contributed by atoms with van der Waals surface area (Å²) in [5.74, 6) is -4.47. The molecule has 0 aromatic rings. The Labute approximate surface area is 337 Å². The molecular weight excluding hydrogens is 760 g/mol. The number of carboxylic acid groups (broad SMARTS) is 3. The third-order valence-electron chi connectivity index (χ3n) is 17.2. The lowest BCUT2D eigenvalue weighted by molar-refractivity contribution is -0.371. The molecule has 2 aliphatic heterocycles. The largest absolute Gasteiger partial charge is 0.481 e. The number of carbonyl (C=O) groups excluding carboxylic acids is 1. The van der Waals surface area contributed by atoms with Crippen molar-refractivity contribution in [1.29, 1.82) is 0 Å². The molecule has 326 valence electrons. The molecule has 58 heavy (non-hydrogen) atoms. The fourth-order valence-electron chi connectivity index (χ4n) is 13.4. The molecule has 8 N–H and O–H groups in total. The highest BCUT2D eigenvalue weighted by molar-refractivity contribution is 5.95. The molecule has 16 heteroatoms. The highest BCUT2D eigenvalue weighted by Crippen LogP contribution is 2.75. The average Bonchev–Trinajstić information content (AvgIpc) is 3.13. The van der Waals surface area contributed by atoms with Gasteiger partial charge in [0.15, 0.2) is 30.6 Å². The van der Waals surface area contributed by atoms with Gasteiger partial charge in [-0.15, -0.1) is 0 Å². The van der Waals surface area contributed by atoms with Crippen molar-refractivity contribution in [2.75, 3.05) is 0 Å². The molecule has 6 fully saturated rings. The van der Waals surface area contributed by atoms with Crippen LogP contribution >= 0.6 is 0 Å². The van der Waals surface area contributed by atoms with E-state index < -0.39 is 107 Å². The molecule has 19 atom stereocenters. The average molecular weight is 823 g/mol. The number of aliphatic hydroxyl groups excluding tert-OH is 5. The number of allylic oxidation sites excluding steroid dienone is 2. The van der Waals surface area contributed by atoms with E-state index in [0.29, 0.717) is 25.7 Å². The summed E-state index contributed by atoms with van der Waals surface area (Å²) in [4.78, 5) is 51.3. The van der Waals surface area contributed by atoms with Crippen molar-refractivity contribution in [3.8, 4) is 0 Å². The summed E-state index contributed by atoms with van der Waals surface area (Å²) < 4.78 is 23.4. The minimum absolute atomic E-state index is 0.0217. The molecular formula is C42H62O16. The predicted octanol–water partition coefficient (Wildman–Crippen LogP) is 2.25. The second-order valence-electron chi connectivity index (χ2n) is 20.6. The van der Waals surface area contributed by atoms with Gasteiger partial charge in [0.25, 0.3) is 0 Å². The highest BCUT2D eigenvalue weighted by Gasteiger charge is 2.71. The Balaban J connectivity index is 1.17. The van der Waals surface area contributed by atoms with Gasteiger partial charge in [-0.1, -0.05) is 47.1 Å². The standard InChI is InChI=1S/C42H62O16/c1-37(2)21-8-11-42(7)31(20(43)16-18-19-17-39(4,36(53)54)13-12-38(19,3)14-15-41(18,42)6)40(21,5)10-9-22(37)55-35-30(26(47)25(46)29(57-35)33(51)52)58-34-27(48)23(44)24(45)28(56-34)32(49)50/h16,19,21-31,34-35,44-48H,8-15,17H2,1-7H3,(H,49,50)(H,51,52)(H,53,54)/t19?,21?,22?,23-,24-,25-,26-,27?,28?,29?,30?,31?,34-,35-,38+,39-,40-,41+,42+/m0/s1. The summed E-state index contributed by atoms with van der Waals surface area (Å²) in [5, 5.41) is 83.0. The van der Waals surface area contributed by atoms with Crippen LogP contribution in [0, 0.1) is 50.2 Å². The third kappa shape index (κ3) is 6.25. The molecule has 0 aromatic carbocycles.